The first-order valence-electron chi connectivity index (χ1n) is 7.33. The fraction of sp³-hybridized carbons (Fsp3) is 0.188. The lowest BCUT2D eigenvalue weighted by atomic mass is 10.1. The predicted molar refractivity (Wildman–Crippen MR) is 98.8 cm³/mol. The van der Waals surface area contributed by atoms with Gasteiger partial charge < -0.3 is 4.90 Å². The third kappa shape index (κ3) is 5.17. The van der Waals surface area contributed by atoms with Crippen molar-refractivity contribution in [3.8, 4) is 0 Å². The normalized spacial score (nSPS) is 11.0. The van der Waals surface area contributed by atoms with E-state index >= 15 is 0 Å². The molecule has 138 valence electrons. The number of nitrogens with zero attached hydrogens (tertiary/aromatic N) is 2. The average molecular weight is 398 g/mol. The van der Waals surface area contributed by atoms with E-state index in [1.165, 1.54) is 42.3 Å². The molecule has 0 saturated carbocycles. The molecule has 0 radical (unpaired) electrons. The van der Waals surface area contributed by atoms with E-state index in [0.717, 1.165) is 6.26 Å². The lowest BCUT2D eigenvalue weighted by Gasteiger charge is -2.18. The fourth-order valence-electron chi connectivity index (χ4n) is 2.27. The maximum absolute atomic E-state index is 12.6. The van der Waals surface area contributed by atoms with Crippen LogP contribution in [0.25, 0.3) is 0 Å². The van der Waals surface area contributed by atoms with Crippen LogP contribution in [0, 0.1) is 10.1 Å². The largest absolute Gasteiger partial charge is 0.337 e. The highest BCUT2D eigenvalue weighted by molar-refractivity contribution is 7.92. The van der Waals surface area contributed by atoms with Crippen LogP contribution in [0.1, 0.15) is 15.9 Å². The molecule has 2 aromatic rings. The number of hydrogen-bond donors (Lipinski definition) is 1. The van der Waals surface area contributed by atoms with Gasteiger partial charge in [-0.3, -0.25) is 19.6 Å². The minimum Gasteiger partial charge on any atom is -0.337 e. The zero-order valence-corrected chi connectivity index (χ0v) is 15.5. The van der Waals surface area contributed by atoms with Crippen LogP contribution in [-0.2, 0) is 16.6 Å². The van der Waals surface area contributed by atoms with Crippen LogP contribution in [0.4, 0.5) is 11.4 Å². The van der Waals surface area contributed by atoms with Crippen molar-refractivity contribution in [1.82, 2.24) is 4.90 Å². The van der Waals surface area contributed by atoms with E-state index in [-0.39, 0.29) is 29.4 Å². The first-order chi connectivity index (χ1) is 12.1. The van der Waals surface area contributed by atoms with Gasteiger partial charge in [-0.05, 0) is 29.8 Å². The highest BCUT2D eigenvalue weighted by Crippen LogP contribution is 2.24. The van der Waals surface area contributed by atoms with Crippen molar-refractivity contribution in [2.75, 3.05) is 18.0 Å². The molecule has 0 aliphatic rings. The second-order valence-corrected chi connectivity index (χ2v) is 7.80. The number of nitrogens with one attached hydrogen (secondary N) is 1. The highest BCUT2D eigenvalue weighted by Gasteiger charge is 2.16. The first-order valence-corrected chi connectivity index (χ1v) is 9.60. The number of carbonyl (C=O) groups excluding carboxylic acids is 1. The molecule has 1 amide bonds. The Balaban J connectivity index is 2.21. The van der Waals surface area contributed by atoms with Crippen molar-refractivity contribution >= 4 is 38.9 Å². The molecular formula is C16H16ClN3O5S. The SMILES string of the molecule is CN(Cc1cc([N+](=O)[O-])ccc1Cl)C(=O)c1cccc(NS(C)(=O)=O)c1. The van der Waals surface area contributed by atoms with Crippen LogP contribution in [0.5, 0.6) is 0 Å². The summed E-state index contributed by atoms with van der Waals surface area (Å²) in [7, 11) is -1.94. The van der Waals surface area contributed by atoms with E-state index in [1.807, 2.05) is 0 Å². The van der Waals surface area contributed by atoms with Crippen LogP contribution >= 0.6 is 11.6 Å². The van der Waals surface area contributed by atoms with Gasteiger partial charge >= 0.3 is 0 Å². The van der Waals surface area contributed by atoms with E-state index in [4.69, 9.17) is 11.6 Å². The molecule has 26 heavy (non-hydrogen) atoms. The lowest BCUT2D eigenvalue weighted by Crippen LogP contribution is -2.26. The number of sulfonamides is 1. The van der Waals surface area contributed by atoms with Crippen molar-refractivity contribution in [1.29, 1.82) is 0 Å². The number of hydrogen-bond acceptors (Lipinski definition) is 5. The van der Waals surface area contributed by atoms with E-state index < -0.39 is 14.9 Å². The molecule has 10 heteroatoms. The molecule has 0 bridgehead atoms. The van der Waals surface area contributed by atoms with E-state index in [2.05, 4.69) is 4.72 Å². The number of amides is 1. The lowest BCUT2D eigenvalue weighted by molar-refractivity contribution is -0.384. The van der Waals surface area contributed by atoms with Crippen molar-refractivity contribution in [3.63, 3.8) is 0 Å². The van der Waals surface area contributed by atoms with Gasteiger partial charge in [0.05, 0.1) is 11.2 Å². The molecule has 0 atom stereocenters. The third-order valence-corrected chi connectivity index (χ3v) is 4.38. The summed E-state index contributed by atoms with van der Waals surface area (Å²) >= 11 is 6.06. The third-order valence-electron chi connectivity index (χ3n) is 3.41. The Kier molecular flexibility index (Phi) is 5.83. The quantitative estimate of drug-likeness (QED) is 0.595. The van der Waals surface area contributed by atoms with Crippen LogP contribution in [0.3, 0.4) is 0 Å². The Hall–Kier alpha value is -2.65. The minimum atomic E-state index is -3.46. The zero-order valence-electron chi connectivity index (χ0n) is 14.0. The molecule has 0 aromatic heterocycles. The van der Waals surface area contributed by atoms with Crippen LogP contribution in [0.15, 0.2) is 42.5 Å². The number of rotatable bonds is 6. The Labute approximate surface area is 155 Å². The number of nitro groups is 1. The summed E-state index contributed by atoms with van der Waals surface area (Å²) in [5, 5.41) is 11.2. The highest BCUT2D eigenvalue weighted by atomic mass is 35.5. The molecule has 0 spiro atoms. The van der Waals surface area contributed by atoms with Gasteiger partial charge in [-0.1, -0.05) is 17.7 Å². The Morgan fingerprint density at radius 2 is 1.96 bits per heavy atom. The van der Waals surface area contributed by atoms with Crippen molar-refractivity contribution in [3.05, 3.63) is 68.7 Å². The monoisotopic (exact) mass is 397 g/mol. The van der Waals surface area contributed by atoms with Gasteiger partial charge in [-0.15, -0.1) is 0 Å². The molecular weight excluding hydrogens is 382 g/mol. The second kappa shape index (κ2) is 7.71. The summed E-state index contributed by atoms with van der Waals surface area (Å²) in [6, 6.07) is 10.0. The van der Waals surface area contributed by atoms with Gasteiger partial charge in [0.15, 0.2) is 0 Å². The van der Waals surface area contributed by atoms with E-state index in [9.17, 15) is 23.3 Å². The molecule has 2 aromatic carbocycles. The van der Waals surface area contributed by atoms with Gasteiger partial charge in [-0.25, -0.2) is 8.42 Å². The van der Waals surface area contributed by atoms with Gasteiger partial charge in [0.25, 0.3) is 11.6 Å². The maximum Gasteiger partial charge on any atom is 0.269 e. The molecule has 0 saturated heterocycles. The molecule has 0 aliphatic heterocycles. The number of carbonyl (C=O) groups is 1. The Bertz CT molecular complexity index is 962. The average Bonchev–Trinajstić information content (AvgIpc) is 2.54. The number of halogens is 1. The number of anilines is 1. The first kappa shape index (κ1) is 19.7. The predicted octanol–water partition coefficient (Wildman–Crippen LogP) is 2.89. The zero-order chi connectivity index (χ0) is 19.5. The van der Waals surface area contributed by atoms with Crippen LogP contribution in [-0.4, -0.2) is 37.5 Å². The number of benzene rings is 2. The van der Waals surface area contributed by atoms with Crippen LogP contribution in [0.2, 0.25) is 5.02 Å². The maximum atomic E-state index is 12.6. The number of nitro benzene ring substituents is 1. The smallest absolute Gasteiger partial charge is 0.269 e. The van der Waals surface area contributed by atoms with E-state index in [1.54, 1.807) is 12.1 Å². The molecule has 0 aliphatic carbocycles. The summed E-state index contributed by atoms with van der Waals surface area (Å²) in [6.45, 7) is 0.0586. The fourth-order valence-corrected chi connectivity index (χ4v) is 3.01. The standard InChI is InChI=1S/C16H16ClN3O5S/c1-19(10-12-9-14(20(22)23)6-7-15(12)17)16(21)11-4-3-5-13(8-11)18-26(2,24)25/h3-9,18H,10H2,1-2H3. The second-order valence-electron chi connectivity index (χ2n) is 5.65. The summed E-state index contributed by atoms with van der Waals surface area (Å²) in [5.41, 5.74) is 0.842. The van der Waals surface area contributed by atoms with Gasteiger partial charge in [0, 0.05) is 42.0 Å². The van der Waals surface area contributed by atoms with Gasteiger partial charge in [0.2, 0.25) is 10.0 Å². The molecule has 0 fully saturated rings. The van der Waals surface area contributed by atoms with Crippen molar-refractivity contribution in [2.45, 2.75) is 6.54 Å². The molecule has 0 unspecified atom stereocenters. The summed E-state index contributed by atoms with van der Waals surface area (Å²) in [5.74, 6) is -0.385. The summed E-state index contributed by atoms with van der Waals surface area (Å²) in [6.07, 6.45) is 1.01. The van der Waals surface area contributed by atoms with Gasteiger partial charge in [-0.2, -0.15) is 0 Å². The van der Waals surface area contributed by atoms with E-state index in [0.29, 0.717) is 10.6 Å². The molecule has 0 heterocycles. The Morgan fingerprint density at radius 3 is 2.58 bits per heavy atom. The topological polar surface area (TPSA) is 110 Å². The molecule has 1 N–H and O–H groups in total. The summed E-state index contributed by atoms with van der Waals surface area (Å²) < 4.78 is 24.9. The minimum absolute atomic E-state index is 0.0586. The van der Waals surface area contributed by atoms with Crippen molar-refractivity contribution in [2.24, 2.45) is 0 Å². The Morgan fingerprint density at radius 1 is 1.27 bits per heavy atom. The number of non-ortho nitro benzene ring substituents is 1. The summed E-state index contributed by atoms with van der Waals surface area (Å²) in [4.78, 5) is 24.2. The van der Waals surface area contributed by atoms with Crippen molar-refractivity contribution < 1.29 is 18.1 Å². The molecule has 8 nitrogen and oxygen atoms in total. The van der Waals surface area contributed by atoms with Crippen LogP contribution < -0.4 is 4.72 Å². The van der Waals surface area contributed by atoms with Gasteiger partial charge in [0.1, 0.15) is 0 Å². The molecule has 2 rings (SSSR count).